The number of nitrogens with one attached hydrogen (secondary N) is 1. The first-order valence-corrected chi connectivity index (χ1v) is 10.2. The highest BCUT2D eigenvalue weighted by Crippen LogP contribution is 2.31. The van der Waals surface area contributed by atoms with Gasteiger partial charge in [0.05, 0.1) is 5.56 Å². The van der Waals surface area contributed by atoms with Crippen LogP contribution in [0.15, 0.2) is 35.7 Å². The van der Waals surface area contributed by atoms with Crippen LogP contribution < -0.4 is 11.1 Å². The van der Waals surface area contributed by atoms with E-state index in [-0.39, 0.29) is 35.7 Å². The van der Waals surface area contributed by atoms with Crippen molar-refractivity contribution in [2.24, 2.45) is 11.1 Å². The zero-order valence-corrected chi connectivity index (χ0v) is 18.2. The van der Waals surface area contributed by atoms with Gasteiger partial charge >= 0.3 is 0 Å². The molecule has 1 unspecified atom stereocenters. The molecule has 0 aliphatic carbocycles. The summed E-state index contributed by atoms with van der Waals surface area (Å²) in [5.41, 5.74) is 8.38. The molecular weight excluding hydrogens is 394 g/mol. The average molecular weight is 422 g/mol. The summed E-state index contributed by atoms with van der Waals surface area (Å²) in [4.78, 5) is 27.4. The summed E-state index contributed by atoms with van der Waals surface area (Å²) in [5, 5.41) is 5.33. The molecule has 152 valence electrons. The molecule has 28 heavy (non-hydrogen) atoms. The van der Waals surface area contributed by atoms with Gasteiger partial charge in [-0.1, -0.05) is 32.9 Å². The molecule has 2 amide bonds. The quantitative estimate of drug-likeness (QED) is 0.777. The van der Waals surface area contributed by atoms with E-state index < -0.39 is 0 Å². The number of rotatable bonds is 4. The third-order valence-electron chi connectivity index (χ3n) is 5.35. The third-order valence-corrected chi connectivity index (χ3v) is 6.18. The van der Waals surface area contributed by atoms with Crippen molar-refractivity contribution in [3.05, 3.63) is 52.4 Å². The topological polar surface area (TPSA) is 75.4 Å². The van der Waals surface area contributed by atoms with Gasteiger partial charge in [-0.2, -0.15) is 0 Å². The molecule has 2 heterocycles. The number of piperidine rings is 1. The van der Waals surface area contributed by atoms with Crippen LogP contribution in [-0.2, 0) is 6.42 Å². The number of benzene rings is 1. The molecule has 1 aromatic heterocycles. The Balaban J connectivity index is 0.00000280. The summed E-state index contributed by atoms with van der Waals surface area (Å²) in [6, 6.07) is 9.41. The van der Waals surface area contributed by atoms with Crippen molar-refractivity contribution in [2.45, 2.75) is 39.7 Å². The van der Waals surface area contributed by atoms with E-state index in [0.717, 1.165) is 12.8 Å². The minimum absolute atomic E-state index is 0. The molecule has 1 aromatic carbocycles. The van der Waals surface area contributed by atoms with Crippen LogP contribution in [0.25, 0.3) is 0 Å². The first-order valence-electron chi connectivity index (χ1n) is 9.34. The number of hydrogen-bond donors (Lipinski definition) is 2. The highest BCUT2D eigenvalue weighted by Gasteiger charge is 2.36. The fourth-order valence-electron chi connectivity index (χ4n) is 3.36. The largest absolute Gasteiger partial charge is 0.338 e. The Bertz CT molecular complexity index is 832. The lowest BCUT2D eigenvalue weighted by Crippen LogP contribution is -2.54. The summed E-state index contributed by atoms with van der Waals surface area (Å²) in [6.07, 6.45) is 1.72. The Hall–Kier alpha value is -1.89. The van der Waals surface area contributed by atoms with Crippen LogP contribution in [0.1, 0.15) is 53.5 Å². The van der Waals surface area contributed by atoms with E-state index in [4.69, 9.17) is 5.73 Å². The van der Waals surface area contributed by atoms with Crippen LogP contribution in [0.5, 0.6) is 0 Å². The standard InChI is InChI=1S/C21H27N3O2S.ClH/c1-4-14-5-7-15(8-6-14)18(25)23-19-16(10-12-27-19)20(26)24-11-9-17(22)21(2,3)13-24;/h5-8,10,12,17H,4,9,11,13,22H2,1-3H3,(H,23,25);1H. The van der Waals surface area contributed by atoms with Crippen molar-refractivity contribution in [3.63, 3.8) is 0 Å². The van der Waals surface area contributed by atoms with E-state index >= 15 is 0 Å². The van der Waals surface area contributed by atoms with Crippen LogP contribution >= 0.6 is 23.7 Å². The predicted octanol–water partition coefficient (Wildman–Crippen LogP) is 4.18. The molecule has 1 aliphatic rings. The lowest BCUT2D eigenvalue weighted by Gasteiger charge is -2.42. The molecule has 0 spiro atoms. The van der Waals surface area contributed by atoms with Gasteiger partial charge in [-0.15, -0.1) is 23.7 Å². The lowest BCUT2D eigenvalue weighted by molar-refractivity contribution is 0.0534. The summed E-state index contributed by atoms with van der Waals surface area (Å²) in [5.74, 6) is -0.247. The number of thiophene rings is 1. The van der Waals surface area contributed by atoms with Crippen LogP contribution in [0.4, 0.5) is 5.00 Å². The van der Waals surface area contributed by atoms with Crippen LogP contribution in [0.2, 0.25) is 0 Å². The number of nitrogens with two attached hydrogens (primary N) is 1. The summed E-state index contributed by atoms with van der Waals surface area (Å²) >= 11 is 1.37. The predicted molar refractivity (Wildman–Crippen MR) is 118 cm³/mol. The third kappa shape index (κ3) is 4.74. The fourth-order valence-corrected chi connectivity index (χ4v) is 4.13. The van der Waals surface area contributed by atoms with Crippen molar-refractivity contribution in [1.29, 1.82) is 0 Å². The van der Waals surface area contributed by atoms with Crippen molar-refractivity contribution in [3.8, 4) is 0 Å². The van der Waals surface area contributed by atoms with Gasteiger partial charge < -0.3 is 16.0 Å². The summed E-state index contributed by atoms with van der Waals surface area (Å²) in [6.45, 7) is 7.52. The first kappa shape index (κ1) is 22.4. The Labute approximate surface area is 176 Å². The van der Waals surface area contributed by atoms with E-state index in [9.17, 15) is 9.59 Å². The second-order valence-electron chi connectivity index (χ2n) is 7.78. The molecule has 0 radical (unpaired) electrons. The molecule has 1 atom stereocenters. The van der Waals surface area contributed by atoms with E-state index in [1.165, 1.54) is 16.9 Å². The van der Waals surface area contributed by atoms with E-state index in [1.807, 2.05) is 34.5 Å². The lowest BCUT2D eigenvalue weighted by atomic mass is 9.79. The van der Waals surface area contributed by atoms with Gasteiger partial charge in [0, 0.05) is 24.7 Å². The number of halogens is 1. The van der Waals surface area contributed by atoms with E-state index in [1.54, 1.807) is 6.07 Å². The molecule has 7 heteroatoms. The van der Waals surface area contributed by atoms with Gasteiger partial charge in [-0.3, -0.25) is 9.59 Å². The zero-order chi connectivity index (χ0) is 19.6. The van der Waals surface area contributed by atoms with Crippen molar-refractivity contribution < 1.29 is 9.59 Å². The number of nitrogens with zero attached hydrogens (tertiary/aromatic N) is 1. The van der Waals surface area contributed by atoms with Crippen LogP contribution in [0.3, 0.4) is 0 Å². The molecule has 1 fully saturated rings. The summed E-state index contributed by atoms with van der Waals surface area (Å²) in [7, 11) is 0. The smallest absolute Gasteiger partial charge is 0.256 e. The molecule has 3 N–H and O–H groups in total. The summed E-state index contributed by atoms with van der Waals surface area (Å²) < 4.78 is 0. The van der Waals surface area contributed by atoms with Gasteiger partial charge in [0.15, 0.2) is 0 Å². The molecule has 0 bridgehead atoms. The van der Waals surface area contributed by atoms with Crippen molar-refractivity contribution in [1.82, 2.24) is 4.90 Å². The highest BCUT2D eigenvalue weighted by atomic mass is 35.5. The SMILES string of the molecule is CCc1ccc(C(=O)Nc2sccc2C(=O)N2CCC(N)C(C)(C)C2)cc1.Cl. The number of hydrogen-bond acceptors (Lipinski definition) is 4. The fraction of sp³-hybridized carbons (Fsp3) is 0.429. The minimum atomic E-state index is -0.199. The number of aryl methyl sites for hydroxylation is 1. The highest BCUT2D eigenvalue weighted by molar-refractivity contribution is 7.14. The van der Waals surface area contributed by atoms with Gasteiger partial charge in [0.25, 0.3) is 11.8 Å². The number of carbonyl (C=O) groups excluding carboxylic acids is 2. The van der Waals surface area contributed by atoms with Gasteiger partial charge in [-0.05, 0) is 47.4 Å². The zero-order valence-electron chi connectivity index (χ0n) is 16.5. The minimum Gasteiger partial charge on any atom is -0.338 e. The monoisotopic (exact) mass is 421 g/mol. The van der Waals surface area contributed by atoms with E-state index in [0.29, 0.717) is 29.2 Å². The number of amides is 2. The van der Waals surface area contributed by atoms with Gasteiger partial charge in [0.1, 0.15) is 5.00 Å². The molecule has 1 saturated heterocycles. The molecule has 2 aromatic rings. The first-order chi connectivity index (χ1) is 12.8. The Morgan fingerprint density at radius 3 is 2.54 bits per heavy atom. The van der Waals surface area contributed by atoms with Crippen molar-refractivity contribution in [2.75, 3.05) is 18.4 Å². The number of carbonyl (C=O) groups is 2. The second-order valence-corrected chi connectivity index (χ2v) is 8.69. The molecule has 1 aliphatic heterocycles. The maximum atomic E-state index is 13.0. The molecule has 0 saturated carbocycles. The Kier molecular flexibility index (Phi) is 7.26. The Morgan fingerprint density at radius 2 is 1.93 bits per heavy atom. The maximum Gasteiger partial charge on any atom is 0.256 e. The van der Waals surface area contributed by atoms with Gasteiger partial charge in [-0.25, -0.2) is 0 Å². The van der Waals surface area contributed by atoms with Gasteiger partial charge in [0.2, 0.25) is 0 Å². The Morgan fingerprint density at radius 1 is 1.25 bits per heavy atom. The average Bonchev–Trinajstić information content (AvgIpc) is 3.11. The normalized spacial score (nSPS) is 18.3. The van der Waals surface area contributed by atoms with Crippen LogP contribution in [0, 0.1) is 5.41 Å². The number of anilines is 1. The molecule has 5 nitrogen and oxygen atoms in total. The molecular formula is C21H28ClN3O2S. The number of likely N-dealkylation sites (tertiary alicyclic amines) is 1. The maximum absolute atomic E-state index is 13.0. The van der Waals surface area contributed by atoms with E-state index in [2.05, 4.69) is 26.1 Å². The van der Waals surface area contributed by atoms with Crippen molar-refractivity contribution >= 4 is 40.6 Å². The second kappa shape index (κ2) is 9.07. The van der Waals surface area contributed by atoms with Crippen LogP contribution in [-0.4, -0.2) is 35.8 Å². The molecule has 3 rings (SSSR count).